The molecule has 0 bridgehead atoms. The maximum absolute atomic E-state index is 13.4. The minimum atomic E-state index is -3.84. The summed E-state index contributed by atoms with van der Waals surface area (Å²) in [6, 6.07) is 25.4. The van der Waals surface area contributed by atoms with E-state index in [1.807, 2.05) is 43.4 Å². The first-order valence-electron chi connectivity index (χ1n) is 12.6. The Morgan fingerprint density at radius 1 is 0.897 bits per heavy atom. The largest absolute Gasteiger partial charge is 0.337 e. The molecule has 4 rings (SSSR count). The normalized spacial score (nSPS) is 14.6. The molecule has 3 aromatic carbocycles. The number of hydrogen-bond donors (Lipinski definition) is 2. The molecule has 2 N–H and O–H groups in total. The molecule has 0 spiro atoms. The fourth-order valence-electron chi connectivity index (χ4n) is 4.43. The van der Waals surface area contributed by atoms with Crippen molar-refractivity contribution in [2.24, 2.45) is 0 Å². The number of sulfonamides is 1. The van der Waals surface area contributed by atoms with Crippen LogP contribution in [0.4, 0.5) is 5.69 Å². The Kier molecular flexibility index (Phi) is 10.6. The zero-order valence-corrected chi connectivity index (χ0v) is 23.7. The summed E-state index contributed by atoms with van der Waals surface area (Å²) in [7, 11) is -5.69. The molecule has 1 fully saturated rings. The lowest BCUT2D eigenvalue weighted by molar-refractivity contribution is -0.131. The van der Waals surface area contributed by atoms with Gasteiger partial charge in [0.05, 0.1) is 23.6 Å². The van der Waals surface area contributed by atoms with Crippen LogP contribution in [0.25, 0.3) is 0 Å². The number of likely N-dealkylation sites (tertiary alicyclic amines) is 1. The first-order chi connectivity index (χ1) is 18.4. The van der Waals surface area contributed by atoms with Crippen molar-refractivity contribution in [3.8, 4) is 0 Å². The lowest BCUT2D eigenvalue weighted by Gasteiger charge is -2.32. The third-order valence-electron chi connectivity index (χ3n) is 6.30. The van der Waals surface area contributed by atoms with Crippen LogP contribution in [-0.4, -0.2) is 70.0 Å². The number of rotatable bonds is 9. The molecule has 39 heavy (non-hydrogen) atoms. The summed E-state index contributed by atoms with van der Waals surface area (Å²) in [5.41, 5.74) is 2.04. The molecule has 210 valence electrons. The van der Waals surface area contributed by atoms with Gasteiger partial charge in [0.15, 0.2) is 0 Å². The highest BCUT2D eigenvalue weighted by atomic mass is 32.2. The van der Waals surface area contributed by atoms with Gasteiger partial charge in [-0.2, -0.15) is 8.42 Å². The Labute approximate surface area is 231 Å². The van der Waals surface area contributed by atoms with Crippen LogP contribution in [-0.2, 0) is 31.4 Å². The van der Waals surface area contributed by atoms with E-state index >= 15 is 0 Å². The third-order valence-corrected chi connectivity index (χ3v) is 7.79. The predicted octanol–water partition coefficient (Wildman–Crippen LogP) is 3.83. The van der Waals surface area contributed by atoms with Gasteiger partial charge in [-0.1, -0.05) is 66.7 Å². The number of para-hydroxylation sites is 1. The fourth-order valence-corrected chi connectivity index (χ4v) is 5.73. The van der Waals surface area contributed by atoms with Crippen molar-refractivity contribution in [1.82, 2.24) is 9.80 Å². The van der Waals surface area contributed by atoms with Crippen molar-refractivity contribution < 1.29 is 26.2 Å². The van der Waals surface area contributed by atoms with Gasteiger partial charge in [-0.15, -0.1) is 0 Å². The highest BCUT2D eigenvalue weighted by Gasteiger charge is 2.27. The number of carbonyl (C=O) groups is 1. The Hall–Kier alpha value is -3.25. The average Bonchev–Trinajstić information content (AvgIpc) is 3.40. The van der Waals surface area contributed by atoms with Crippen LogP contribution in [0.1, 0.15) is 30.0 Å². The molecule has 1 amide bonds. The van der Waals surface area contributed by atoms with E-state index in [0.29, 0.717) is 17.5 Å². The molecule has 1 aliphatic heterocycles. The molecule has 3 aromatic rings. The molecule has 0 unspecified atom stereocenters. The summed E-state index contributed by atoms with van der Waals surface area (Å²) in [6.07, 6.45) is 3.08. The summed E-state index contributed by atoms with van der Waals surface area (Å²) in [5.74, 6) is -0.115. The van der Waals surface area contributed by atoms with Gasteiger partial charge in [0.1, 0.15) is 0 Å². The monoisotopic (exact) mass is 573 g/mol. The van der Waals surface area contributed by atoms with Crippen molar-refractivity contribution in [2.45, 2.75) is 30.2 Å². The predicted molar refractivity (Wildman–Crippen MR) is 152 cm³/mol. The van der Waals surface area contributed by atoms with Crippen LogP contribution in [0.5, 0.6) is 0 Å². The van der Waals surface area contributed by atoms with Crippen LogP contribution in [0, 0.1) is 0 Å². The summed E-state index contributed by atoms with van der Waals surface area (Å²) >= 11 is 0. The molecule has 9 nitrogen and oxygen atoms in total. The Morgan fingerprint density at radius 3 is 2.00 bits per heavy atom. The van der Waals surface area contributed by atoms with Gasteiger partial charge in [-0.25, -0.2) is 8.42 Å². The van der Waals surface area contributed by atoms with Gasteiger partial charge in [-0.05, 0) is 55.3 Å². The highest BCUT2D eigenvalue weighted by Crippen LogP contribution is 2.25. The van der Waals surface area contributed by atoms with Crippen molar-refractivity contribution in [1.29, 1.82) is 0 Å². The minimum Gasteiger partial charge on any atom is -0.337 e. The summed E-state index contributed by atoms with van der Waals surface area (Å²) in [6.45, 7) is 2.84. The van der Waals surface area contributed by atoms with Crippen molar-refractivity contribution >= 4 is 31.7 Å². The molecule has 11 heteroatoms. The second-order valence-electron chi connectivity index (χ2n) is 9.43. The van der Waals surface area contributed by atoms with E-state index in [-0.39, 0.29) is 23.3 Å². The van der Waals surface area contributed by atoms with Crippen molar-refractivity contribution in [3.63, 3.8) is 0 Å². The number of nitrogens with one attached hydrogen (secondary N) is 1. The topological polar surface area (TPSA) is 124 Å². The molecule has 1 saturated heterocycles. The quantitative estimate of drug-likeness (QED) is 0.373. The number of amides is 1. The number of anilines is 1. The summed E-state index contributed by atoms with van der Waals surface area (Å²) in [5, 5.41) is 0. The van der Waals surface area contributed by atoms with E-state index in [0.717, 1.165) is 25.2 Å². The van der Waals surface area contributed by atoms with E-state index in [1.165, 1.54) is 12.8 Å². The molecular formula is C28H35N3O6S2. The Balaban J connectivity index is 0.000000771. The van der Waals surface area contributed by atoms with Crippen molar-refractivity contribution in [3.05, 3.63) is 96.1 Å². The first-order valence-corrected chi connectivity index (χ1v) is 15.9. The molecule has 0 aromatic heterocycles. The van der Waals surface area contributed by atoms with Crippen LogP contribution in [0.15, 0.2) is 89.8 Å². The number of benzene rings is 3. The van der Waals surface area contributed by atoms with E-state index < -0.39 is 20.1 Å². The van der Waals surface area contributed by atoms with Crippen LogP contribution in [0.2, 0.25) is 0 Å². The van der Waals surface area contributed by atoms with Gasteiger partial charge in [-0.3, -0.25) is 14.1 Å². The zero-order valence-electron chi connectivity index (χ0n) is 22.1. The number of nitrogens with zero attached hydrogens (tertiary/aromatic N) is 2. The van der Waals surface area contributed by atoms with Gasteiger partial charge in [0.2, 0.25) is 5.91 Å². The third kappa shape index (κ3) is 9.77. The van der Waals surface area contributed by atoms with E-state index in [9.17, 15) is 21.6 Å². The number of likely N-dealkylation sites (N-methyl/N-ethyl adjacent to an activating group) is 1. The number of hydrogen-bond acceptors (Lipinski definition) is 6. The van der Waals surface area contributed by atoms with E-state index in [2.05, 4.69) is 9.62 Å². The maximum Gasteiger partial charge on any atom is 0.262 e. The standard InChI is InChI=1S/C27H31N3O3S.CH4O3S/c1-29(25(21-30-18-10-11-19-30)22-12-4-2-5-13-22)27(31)20-23-14-8-9-17-26(23)34(32,33)28-24-15-6-3-7-16-24;1-5(2,3)4/h2-9,12-17,25,28H,10-11,18-21H2,1H3;1H3,(H,2,3,4)/t25-;/m1./s1. The molecule has 1 atom stereocenters. The van der Waals surface area contributed by atoms with Gasteiger partial charge < -0.3 is 9.80 Å². The Bertz CT molecular complexity index is 1420. The smallest absolute Gasteiger partial charge is 0.262 e. The van der Waals surface area contributed by atoms with Gasteiger partial charge >= 0.3 is 0 Å². The van der Waals surface area contributed by atoms with Gasteiger partial charge in [0.25, 0.3) is 20.1 Å². The lowest BCUT2D eigenvalue weighted by atomic mass is 10.0. The summed E-state index contributed by atoms with van der Waals surface area (Å²) in [4.78, 5) is 17.7. The first kappa shape index (κ1) is 30.3. The lowest BCUT2D eigenvalue weighted by Crippen LogP contribution is -2.39. The maximum atomic E-state index is 13.4. The SMILES string of the molecule is CN(C(=O)Cc1ccccc1S(=O)(=O)Nc1ccccc1)[C@H](CN1CCCC1)c1ccccc1.CS(=O)(=O)O. The zero-order chi connectivity index (χ0) is 28.5. The molecule has 0 aliphatic carbocycles. The fraction of sp³-hybridized carbons (Fsp3) is 0.321. The number of carbonyl (C=O) groups excluding carboxylic acids is 1. The molecule has 0 radical (unpaired) electrons. The van der Waals surface area contributed by atoms with Crippen LogP contribution in [0.3, 0.4) is 0 Å². The average molecular weight is 574 g/mol. The van der Waals surface area contributed by atoms with E-state index in [4.69, 9.17) is 4.55 Å². The van der Waals surface area contributed by atoms with Gasteiger partial charge in [0, 0.05) is 19.3 Å². The molecule has 1 heterocycles. The molecule has 0 saturated carbocycles. The minimum absolute atomic E-state index is 0.00566. The Morgan fingerprint density at radius 2 is 1.41 bits per heavy atom. The van der Waals surface area contributed by atoms with E-state index in [1.54, 1.807) is 53.4 Å². The molecule has 1 aliphatic rings. The van der Waals surface area contributed by atoms with Crippen molar-refractivity contribution in [2.75, 3.05) is 37.7 Å². The second kappa shape index (κ2) is 13.7. The van der Waals surface area contributed by atoms with Crippen LogP contribution >= 0.6 is 0 Å². The van der Waals surface area contributed by atoms with Crippen LogP contribution < -0.4 is 4.72 Å². The molecular weight excluding hydrogens is 538 g/mol. The highest BCUT2D eigenvalue weighted by molar-refractivity contribution is 7.92. The second-order valence-corrected chi connectivity index (χ2v) is 12.5. The summed E-state index contributed by atoms with van der Waals surface area (Å²) < 4.78 is 54.7.